The Balaban J connectivity index is 1.63. The van der Waals surface area contributed by atoms with Gasteiger partial charge in [-0.1, -0.05) is 18.2 Å². The summed E-state index contributed by atoms with van der Waals surface area (Å²) in [6, 6.07) is 11.3. The van der Waals surface area contributed by atoms with Crippen molar-refractivity contribution in [3.63, 3.8) is 0 Å². The van der Waals surface area contributed by atoms with Gasteiger partial charge in [0.05, 0.1) is 20.3 Å². The summed E-state index contributed by atoms with van der Waals surface area (Å²) in [5.74, 6) is 2.48. The van der Waals surface area contributed by atoms with Crippen molar-refractivity contribution in [2.75, 3.05) is 14.2 Å². The van der Waals surface area contributed by atoms with Crippen LogP contribution in [0.5, 0.6) is 23.0 Å². The molecule has 2 N–H and O–H groups in total. The Morgan fingerprint density at radius 3 is 2.50 bits per heavy atom. The van der Waals surface area contributed by atoms with Gasteiger partial charge in [0.25, 0.3) is 0 Å². The molecule has 6 heteroatoms. The molecule has 0 bridgehead atoms. The lowest BCUT2D eigenvalue weighted by molar-refractivity contribution is 0.0142. The molecule has 2 aromatic carbocycles. The Kier molecular flexibility index (Phi) is 5.70. The number of hydrogen-bond donors (Lipinski definition) is 2. The molecule has 0 amide bonds. The van der Waals surface area contributed by atoms with Crippen molar-refractivity contribution in [2.24, 2.45) is 0 Å². The SMILES string of the molecule is COc1ccc(COc2cc3c(cc2OC)C2=C(C=C(C(C)O)CC2)C(O)O3)cc1. The first-order chi connectivity index (χ1) is 14.5. The van der Waals surface area contributed by atoms with Crippen LogP contribution >= 0.6 is 0 Å². The van der Waals surface area contributed by atoms with Crippen LogP contribution in [0.2, 0.25) is 0 Å². The summed E-state index contributed by atoms with van der Waals surface area (Å²) in [4.78, 5) is 0. The molecule has 2 aromatic rings. The summed E-state index contributed by atoms with van der Waals surface area (Å²) >= 11 is 0. The van der Waals surface area contributed by atoms with E-state index in [0.717, 1.165) is 34.4 Å². The second kappa shape index (κ2) is 8.42. The number of allylic oxidation sites excluding steroid dienone is 1. The molecule has 2 aliphatic rings. The van der Waals surface area contributed by atoms with Gasteiger partial charge < -0.3 is 29.2 Å². The second-order valence-corrected chi connectivity index (χ2v) is 7.44. The maximum atomic E-state index is 10.5. The lowest BCUT2D eigenvalue weighted by atomic mass is 9.84. The molecule has 158 valence electrons. The number of rotatable bonds is 6. The molecule has 0 spiro atoms. The van der Waals surface area contributed by atoms with E-state index in [1.54, 1.807) is 27.2 Å². The van der Waals surface area contributed by atoms with Crippen LogP contribution < -0.4 is 18.9 Å². The van der Waals surface area contributed by atoms with Gasteiger partial charge in [0, 0.05) is 17.2 Å². The summed E-state index contributed by atoms with van der Waals surface area (Å²) < 4.78 is 22.5. The van der Waals surface area contributed by atoms with Crippen LogP contribution in [-0.2, 0) is 6.61 Å². The average molecular weight is 410 g/mol. The van der Waals surface area contributed by atoms with Crippen molar-refractivity contribution in [2.45, 2.75) is 38.8 Å². The Morgan fingerprint density at radius 1 is 1.07 bits per heavy atom. The van der Waals surface area contributed by atoms with Crippen LogP contribution in [0.3, 0.4) is 0 Å². The van der Waals surface area contributed by atoms with E-state index in [-0.39, 0.29) is 0 Å². The minimum atomic E-state index is -1.08. The lowest BCUT2D eigenvalue weighted by Gasteiger charge is -2.31. The predicted octanol–water partition coefficient (Wildman–Crippen LogP) is 3.85. The smallest absolute Gasteiger partial charge is 0.224 e. The summed E-state index contributed by atoms with van der Waals surface area (Å²) in [6.07, 6.45) is 1.67. The zero-order chi connectivity index (χ0) is 21.3. The first kappa shape index (κ1) is 20.3. The fourth-order valence-corrected chi connectivity index (χ4v) is 3.83. The molecule has 0 aromatic heterocycles. The fourth-order valence-electron chi connectivity index (χ4n) is 3.83. The minimum Gasteiger partial charge on any atom is -0.497 e. The first-order valence-corrected chi connectivity index (χ1v) is 9.94. The molecule has 6 nitrogen and oxygen atoms in total. The van der Waals surface area contributed by atoms with Gasteiger partial charge in [-0.05, 0) is 54.7 Å². The summed E-state index contributed by atoms with van der Waals surface area (Å²) in [5, 5.41) is 20.4. The van der Waals surface area contributed by atoms with E-state index >= 15 is 0 Å². The minimum absolute atomic E-state index is 0.357. The van der Waals surface area contributed by atoms with E-state index in [1.807, 2.05) is 36.4 Å². The number of aliphatic hydroxyl groups excluding tert-OH is 2. The van der Waals surface area contributed by atoms with Crippen molar-refractivity contribution in [3.8, 4) is 23.0 Å². The maximum absolute atomic E-state index is 10.5. The van der Waals surface area contributed by atoms with Crippen LogP contribution in [0.15, 0.2) is 53.6 Å². The zero-order valence-electron chi connectivity index (χ0n) is 17.3. The zero-order valence-corrected chi connectivity index (χ0v) is 17.3. The van der Waals surface area contributed by atoms with Gasteiger partial charge >= 0.3 is 0 Å². The molecule has 1 aliphatic carbocycles. The number of benzene rings is 2. The van der Waals surface area contributed by atoms with Gasteiger partial charge in [-0.2, -0.15) is 0 Å². The standard InChI is InChI=1S/C24H26O6/c1-14(25)16-6-9-18-19-11-22(28-3)23(12-21(19)30-24(26)20(18)10-16)29-13-15-4-7-17(27-2)8-5-15/h4-5,7-8,10-12,14,24-26H,6,9,13H2,1-3H3. The summed E-state index contributed by atoms with van der Waals surface area (Å²) in [7, 11) is 3.23. The summed E-state index contributed by atoms with van der Waals surface area (Å²) in [5.41, 5.74) is 4.47. The average Bonchev–Trinajstić information content (AvgIpc) is 2.77. The van der Waals surface area contributed by atoms with Crippen molar-refractivity contribution < 1.29 is 29.2 Å². The molecule has 2 unspecified atom stereocenters. The first-order valence-electron chi connectivity index (χ1n) is 9.94. The van der Waals surface area contributed by atoms with E-state index in [9.17, 15) is 10.2 Å². The van der Waals surface area contributed by atoms with Crippen LogP contribution in [0.1, 0.15) is 30.9 Å². The molecule has 0 saturated carbocycles. The highest BCUT2D eigenvalue weighted by molar-refractivity contribution is 5.80. The van der Waals surface area contributed by atoms with Crippen molar-refractivity contribution in [1.82, 2.24) is 0 Å². The van der Waals surface area contributed by atoms with Crippen molar-refractivity contribution in [1.29, 1.82) is 0 Å². The number of aliphatic hydroxyl groups is 2. The molecular formula is C24H26O6. The largest absolute Gasteiger partial charge is 0.497 e. The summed E-state index contributed by atoms with van der Waals surface area (Å²) in [6.45, 7) is 2.09. The van der Waals surface area contributed by atoms with Crippen molar-refractivity contribution >= 4 is 5.57 Å². The molecule has 0 saturated heterocycles. The third-order valence-electron chi connectivity index (χ3n) is 5.54. The number of fused-ring (bicyclic) bond motifs is 2. The van der Waals surface area contributed by atoms with Crippen LogP contribution in [0, 0.1) is 0 Å². The Bertz CT molecular complexity index is 988. The lowest BCUT2D eigenvalue weighted by Crippen LogP contribution is -2.26. The van der Waals surface area contributed by atoms with Crippen molar-refractivity contribution in [3.05, 3.63) is 64.7 Å². The highest BCUT2D eigenvalue weighted by atomic mass is 16.6. The second-order valence-electron chi connectivity index (χ2n) is 7.44. The van der Waals surface area contributed by atoms with E-state index in [4.69, 9.17) is 18.9 Å². The molecule has 1 heterocycles. The van der Waals surface area contributed by atoms with E-state index in [0.29, 0.717) is 35.8 Å². The van der Waals surface area contributed by atoms with Gasteiger partial charge in [-0.3, -0.25) is 0 Å². The molecule has 30 heavy (non-hydrogen) atoms. The highest BCUT2D eigenvalue weighted by Gasteiger charge is 2.31. The van der Waals surface area contributed by atoms with Gasteiger partial charge in [-0.25, -0.2) is 0 Å². The Labute approximate surface area is 176 Å². The quantitative estimate of drug-likeness (QED) is 0.753. The molecule has 4 rings (SSSR count). The van der Waals surface area contributed by atoms with E-state index in [1.165, 1.54) is 0 Å². The third-order valence-corrected chi connectivity index (χ3v) is 5.54. The van der Waals surface area contributed by atoms with Gasteiger partial charge in [-0.15, -0.1) is 0 Å². The Morgan fingerprint density at radius 2 is 1.83 bits per heavy atom. The number of methoxy groups -OCH3 is 2. The molecule has 0 radical (unpaired) electrons. The number of hydrogen-bond acceptors (Lipinski definition) is 6. The topological polar surface area (TPSA) is 77.4 Å². The van der Waals surface area contributed by atoms with Gasteiger partial charge in [0.15, 0.2) is 11.5 Å². The third kappa shape index (κ3) is 3.88. The fraction of sp³-hybridized carbons (Fsp3) is 0.333. The van der Waals surface area contributed by atoms with E-state index < -0.39 is 12.4 Å². The van der Waals surface area contributed by atoms with Crippen LogP contribution in [-0.4, -0.2) is 36.8 Å². The Hall–Kier alpha value is -2.96. The molecule has 2 atom stereocenters. The molecule has 1 aliphatic heterocycles. The monoisotopic (exact) mass is 410 g/mol. The van der Waals surface area contributed by atoms with Crippen LogP contribution in [0.4, 0.5) is 0 Å². The normalized spacial score (nSPS) is 18.6. The predicted molar refractivity (Wildman–Crippen MR) is 113 cm³/mol. The van der Waals surface area contributed by atoms with Gasteiger partial charge in [0.2, 0.25) is 6.29 Å². The van der Waals surface area contributed by atoms with E-state index in [2.05, 4.69) is 0 Å². The van der Waals surface area contributed by atoms with Gasteiger partial charge in [0.1, 0.15) is 18.1 Å². The molecular weight excluding hydrogens is 384 g/mol. The number of ether oxygens (including phenoxy) is 4. The maximum Gasteiger partial charge on any atom is 0.224 e. The molecule has 0 fully saturated rings. The highest BCUT2D eigenvalue weighted by Crippen LogP contribution is 2.46. The van der Waals surface area contributed by atoms with Crippen LogP contribution in [0.25, 0.3) is 5.57 Å².